The van der Waals surface area contributed by atoms with Crippen molar-refractivity contribution in [3.05, 3.63) is 42.5 Å². The standard InChI is InChI=1S/C15H13F3N2O/c1-2-8-14(10-19,11-20)9-7-12-3-5-13(6-4-12)21-15(16,17)18/h2-6H,1,7-9H2. The van der Waals surface area contributed by atoms with Gasteiger partial charge in [-0.15, -0.1) is 19.8 Å². The van der Waals surface area contributed by atoms with E-state index in [4.69, 9.17) is 10.5 Å². The van der Waals surface area contributed by atoms with E-state index in [2.05, 4.69) is 11.3 Å². The summed E-state index contributed by atoms with van der Waals surface area (Å²) < 4.78 is 39.8. The maximum Gasteiger partial charge on any atom is 0.573 e. The Bertz CT molecular complexity index is 551. The van der Waals surface area contributed by atoms with Crippen LogP contribution in [-0.2, 0) is 6.42 Å². The quantitative estimate of drug-likeness (QED) is 0.741. The van der Waals surface area contributed by atoms with E-state index >= 15 is 0 Å². The molecule has 21 heavy (non-hydrogen) atoms. The van der Waals surface area contributed by atoms with E-state index in [1.807, 2.05) is 12.1 Å². The summed E-state index contributed by atoms with van der Waals surface area (Å²) in [4.78, 5) is 0. The van der Waals surface area contributed by atoms with Crippen molar-refractivity contribution in [2.45, 2.75) is 25.6 Å². The monoisotopic (exact) mass is 294 g/mol. The third-order valence-electron chi connectivity index (χ3n) is 2.92. The Balaban J connectivity index is 2.71. The summed E-state index contributed by atoms with van der Waals surface area (Å²) in [6, 6.07) is 9.32. The van der Waals surface area contributed by atoms with Crippen LogP contribution in [0.1, 0.15) is 18.4 Å². The molecule has 0 spiro atoms. The maximum atomic E-state index is 12.0. The molecule has 0 saturated carbocycles. The van der Waals surface area contributed by atoms with E-state index in [-0.39, 0.29) is 18.6 Å². The third-order valence-corrected chi connectivity index (χ3v) is 2.92. The van der Waals surface area contributed by atoms with Crippen LogP contribution in [0.3, 0.4) is 0 Å². The van der Waals surface area contributed by atoms with Crippen LogP contribution in [0.4, 0.5) is 13.2 Å². The molecule has 0 aromatic heterocycles. The average Bonchev–Trinajstić information content (AvgIpc) is 2.43. The Morgan fingerprint density at radius 3 is 2.14 bits per heavy atom. The molecule has 0 amide bonds. The normalized spacial score (nSPS) is 11.3. The van der Waals surface area contributed by atoms with Gasteiger partial charge in [0.1, 0.15) is 11.2 Å². The molecule has 0 aliphatic rings. The topological polar surface area (TPSA) is 56.8 Å². The van der Waals surface area contributed by atoms with Crippen LogP contribution in [0.2, 0.25) is 0 Å². The van der Waals surface area contributed by atoms with Gasteiger partial charge in [-0.2, -0.15) is 10.5 Å². The first kappa shape index (κ1) is 16.6. The smallest absolute Gasteiger partial charge is 0.406 e. The van der Waals surface area contributed by atoms with Crippen LogP contribution in [0.5, 0.6) is 5.75 Å². The van der Waals surface area contributed by atoms with E-state index in [1.54, 1.807) is 0 Å². The predicted molar refractivity (Wildman–Crippen MR) is 69.9 cm³/mol. The van der Waals surface area contributed by atoms with Crippen LogP contribution in [0.25, 0.3) is 0 Å². The van der Waals surface area contributed by atoms with Gasteiger partial charge in [-0.1, -0.05) is 18.2 Å². The van der Waals surface area contributed by atoms with Gasteiger partial charge >= 0.3 is 6.36 Å². The van der Waals surface area contributed by atoms with Crippen LogP contribution >= 0.6 is 0 Å². The number of hydrogen-bond acceptors (Lipinski definition) is 3. The second-order valence-electron chi connectivity index (χ2n) is 4.49. The minimum atomic E-state index is -4.72. The fourth-order valence-electron chi connectivity index (χ4n) is 1.79. The third kappa shape index (κ3) is 5.19. The second-order valence-corrected chi connectivity index (χ2v) is 4.49. The molecule has 1 aromatic rings. The number of nitrogens with zero attached hydrogens (tertiary/aromatic N) is 2. The number of halogens is 3. The molecule has 1 aromatic carbocycles. The zero-order valence-electron chi connectivity index (χ0n) is 11.2. The van der Waals surface area contributed by atoms with Crippen molar-refractivity contribution in [3.63, 3.8) is 0 Å². The molecule has 0 aliphatic carbocycles. The molecular formula is C15H13F3N2O. The summed E-state index contributed by atoms with van der Waals surface area (Å²) in [5.41, 5.74) is -0.424. The van der Waals surface area contributed by atoms with Crippen molar-refractivity contribution in [3.8, 4) is 17.9 Å². The molecule has 0 fully saturated rings. The number of ether oxygens (including phenoxy) is 1. The Labute approximate surface area is 120 Å². The van der Waals surface area contributed by atoms with E-state index in [1.165, 1.54) is 30.3 Å². The van der Waals surface area contributed by atoms with E-state index < -0.39 is 11.8 Å². The van der Waals surface area contributed by atoms with Crippen LogP contribution in [0, 0.1) is 28.1 Å². The van der Waals surface area contributed by atoms with Gasteiger partial charge in [-0.3, -0.25) is 0 Å². The first-order valence-corrected chi connectivity index (χ1v) is 6.12. The molecule has 3 nitrogen and oxygen atoms in total. The number of allylic oxidation sites excluding steroid dienone is 1. The summed E-state index contributed by atoms with van der Waals surface area (Å²) in [6.07, 6.45) is -2.28. The Hall–Kier alpha value is -2.47. The van der Waals surface area contributed by atoms with Gasteiger partial charge in [-0.25, -0.2) is 0 Å². The molecule has 1 rings (SSSR count). The predicted octanol–water partition coefficient (Wildman–Crippen LogP) is 4.13. The highest BCUT2D eigenvalue weighted by atomic mass is 19.4. The van der Waals surface area contributed by atoms with Crippen molar-refractivity contribution in [1.82, 2.24) is 0 Å². The number of alkyl halides is 3. The van der Waals surface area contributed by atoms with Crippen molar-refractivity contribution in [2.24, 2.45) is 5.41 Å². The van der Waals surface area contributed by atoms with Crippen LogP contribution in [0.15, 0.2) is 36.9 Å². The lowest BCUT2D eigenvalue weighted by molar-refractivity contribution is -0.274. The van der Waals surface area contributed by atoms with Gasteiger partial charge in [0.15, 0.2) is 0 Å². The molecule has 0 N–H and O–H groups in total. The van der Waals surface area contributed by atoms with Gasteiger partial charge in [0.05, 0.1) is 12.1 Å². The van der Waals surface area contributed by atoms with Crippen LogP contribution < -0.4 is 4.74 Å². The minimum Gasteiger partial charge on any atom is -0.406 e. The Kier molecular flexibility index (Phi) is 5.37. The maximum absolute atomic E-state index is 12.0. The summed E-state index contributed by atoms with van der Waals surface area (Å²) >= 11 is 0. The number of aryl methyl sites for hydroxylation is 1. The minimum absolute atomic E-state index is 0.245. The lowest BCUT2D eigenvalue weighted by Gasteiger charge is -2.16. The van der Waals surface area contributed by atoms with Crippen molar-refractivity contribution >= 4 is 0 Å². The van der Waals surface area contributed by atoms with Crippen molar-refractivity contribution in [2.75, 3.05) is 0 Å². The zero-order valence-corrected chi connectivity index (χ0v) is 11.2. The first-order chi connectivity index (χ1) is 9.84. The lowest BCUT2D eigenvalue weighted by atomic mass is 9.82. The fourth-order valence-corrected chi connectivity index (χ4v) is 1.79. The van der Waals surface area contributed by atoms with E-state index in [9.17, 15) is 13.2 Å². The Morgan fingerprint density at radius 1 is 1.14 bits per heavy atom. The lowest BCUT2D eigenvalue weighted by Crippen LogP contribution is -2.17. The molecule has 0 bridgehead atoms. The summed E-state index contributed by atoms with van der Waals surface area (Å²) in [5.74, 6) is -0.302. The van der Waals surface area contributed by atoms with Crippen molar-refractivity contribution < 1.29 is 17.9 Å². The first-order valence-electron chi connectivity index (χ1n) is 6.12. The highest BCUT2D eigenvalue weighted by molar-refractivity contribution is 5.28. The molecule has 0 unspecified atom stereocenters. The van der Waals surface area contributed by atoms with Gasteiger partial charge in [0.2, 0.25) is 0 Å². The number of hydrogen-bond donors (Lipinski definition) is 0. The zero-order chi connectivity index (χ0) is 15.9. The molecule has 6 heteroatoms. The summed E-state index contributed by atoms with van der Waals surface area (Å²) in [5, 5.41) is 18.2. The number of benzene rings is 1. The van der Waals surface area contributed by atoms with Crippen LogP contribution in [-0.4, -0.2) is 6.36 Å². The van der Waals surface area contributed by atoms with Gasteiger partial charge in [-0.05, 0) is 37.0 Å². The molecule has 0 aliphatic heterocycles. The summed E-state index contributed by atoms with van der Waals surface area (Å²) in [7, 11) is 0. The molecule has 110 valence electrons. The highest BCUT2D eigenvalue weighted by Crippen LogP contribution is 2.28. The molecule has 0 heterocycles. The summed E-state index contributed by atoms with van der Waals surface area (Å²) in [6.45, 7) is 3.52. The molecular weight excluding hydrogens is 281 g/mol. The second kappa shape index (κ2) is 6.81. The van der Waals surface area contributed by atoms with Gasteiger partial charge in [0, 0.05) is 0 Å². The number of nitriles is 2. The van der Waals surface area contributed by atoms with Crippen molar-refractivity contribution in [1.29, 1.82) is 10.5 Å². The largest absolute Gasteiger partial charge is 0.573 e. The molecule has 0 atom stereocenters. The fraction of sp³-hybridized carbons (Fsp3) is 0.333. The van der Waals surface area contributed by atoms with Gasteiger partial charge < -0.3 is 4.74 Å². The molecule has 0 saturated heterocycles. The van der Waals surface area contributed by atoms with Gasteiger partial charge in [0.25, 0.3) is 0 Å². The Morgan fingerprint density at radius 2 is 1.71 bits per heavy atom. The highest BCUT2D eigenvalue weighted by Gasteiger charge is 2.31. The average molecular weight is 294 g/mol. The van der Waals surface area contributed by atoms with E-state index in [0.717, 1.165) is 5.56 Å². The number of rotatable bonds is 6. The molecule has 0 radical (unpaired) electrons. The van der Waals surface area contributed by atoms with E-state index in [0.29, 0.717) is 6.42 Å². The SMILES string of the molecule is C=CCC(C#N)(C#N)CCc1ccc(OC(F)(F)F)cc1.